The fraction of sp³-hybridized carbons (Fsp3) is 0.667. The van der Waals surface area contributed by atoms with Crippen molar-refractivity contribution in [3.8, 4) is 0 Å². The maximum absolute atomic E-state index is 3.80. The minimum absolute atomic E-state index is 0.678. The number of unbranched alkanes of at least 4 members (excludes halogenated alkanes) is 3. The van der Waals surface area contributed by atoms with Gasteiger partial charge in [0.15, 0.2) is 0 Å². The standard InChI is InChI=1S/C18H28BrN/c1-3-4-5-6-9-14(2)20-16-12-15(13-16)17-10-7-8-11-18(17)19/h7-8,10-11,14-16,20H,3-6,9,12-13H2,1-2H3. The lowest BCUT2D eigenvalue weighted by molar-refractivity contribution is 0.262. The zero-order chi connectivity index (χ0) is 14.4. The quantitative estimate of drug-likeness (QED) is 0.605. The molecule has 0 radical (unpaired) electrons. The maximum Gasteiger partial charge on any atom is 0.0210 e. The van der Waals surface area contributed by atoms with Gasteiger partial charge in [0.2, 0.25) is 0 Å². The summed E-state index contributed by atoms with van der Waals surface area (Å²) < 4.78 is 1.27. The summed E-state index contributed by atoms with van der Waals surface area (Å²) in [7, 11) is 0. The van der Waals surface area contributed by atoms with Gasteiger partial charge in [0.05, 0.1) is 0 Å². The van der Waals surface area contributed by atoms with E-state index in [-0.39, 0.29) is 0 Å². The van der Waals surface area contributed by atoms with Gasteiger partial charge in [0, 0.05) is 16.6 Å². The van der Waals surface area contributed by atoms with E-state index in [1.54, 1.807) is 0 Å². The molecule has 1 unspecified atom stereocenters. The first-order valence-electron chi connectivity index (χ1n) is 8.21. The Kier molecular flexibility index (Phi) is 6.57. The van der Waals surface area contributed by atoms with E-state index in [1.807, 2.05) is 0 Å². The Morgan fingerprint density at radius 3 is 2.65 bits per heavy atom. The summed E-state index contributed by atoms with van der Waals surface area (Å²) in [6, 6.07) is 10.1. The predicted molar refractivity (Wildman–Crippen MR) is 91.3 cm³/mol. The summed E-state index contributed by atoms with van der Waals surface area (Å²) >= 11 is 3.67. The Morgan fingerprint density at radius 1 is 1.20 bits per heavy atom. The summed E-state index contributed by atoms with van der Waals surface area (Å²) in [5, 5.41) is 3.80. The molecule has 2 heteroatoms. The third-order valence-electron chi connectivity index (χ3n) is 4.49. The molecule has 1 N–H and O–H groups in total. The molecule has 1 aliphatic rings. The predicted octanol–water partition coefficient (Wildman–Crippen LogP) is 5.64. The van der Waals surface area contributed by atoms with Crippen LogP contribution in [0.2, 0.25) is 0 Å². The lowest BCUT2D eigenvalue weighted by atomic mass is 9.75. The molecular weight excluding hydrogens is 310 g/mol. The molecule has 1 aromatic rings. The molecule has 2 rings (SSSR count). The van der Waals surface area contributed by atoms with E-state index < -0.39 is 0 Å². The van der Waals surface area contributed by atoms with Crippen molar-refractivity contribution >= 4 is 15.9 Å². The highest BCUT2D eigenvalue weighted by Gasteiger charge is 2.31. The smallest absolute Gasteiger partial charge is 0.0210 e. The molecule has 1 fully saturated rings. The number of benzene rings is 1. The molecule has 1 atom stereocenters. The molecule has 112 valence electrons. The zero-order valence-corrected chi connectivity index (χ0v) is 14.5. The van der Waals surface area contributed by atoms with E-state index in [4.69, 9.17) is 0 Å². The number of hydrogen-bond acceptors (Lipinski definition) is 1. The van der Waals surface area contributed by atoms with Gasteiger partial charge in [0.25, 0.3) is 0 Å². The van der Waals surface area contributed by atoms with Gasteiger partial charge in [-0.05, 0) is 43.7 Å². The molecule has 1 aliphatic carbocycles. The third-order valence-corrected chi connectivity index (χ3v) is 5.22. The van der Waals surface area contributed by atoms with E-state index >= 15 is 0 Å². The molecule has 0 bridgehead atoms. The summed E-state index contributed by atoms with van der Waals surface area (Å²) in [6.45, 7) is 4.62. The van der Waals surface area contributed by atoms with Crippen molar-refractivity contribution in [3.63, 3.8) is 0 Å². The summed E-state index contributed by atoms with van der Waals surface area (Å²) in [4.78, 5) is 0. The fourth-order valence-corrected chi connectivity index (χ4v) is 3.79. The normalized spacial score (nSPS) is 23.4. The molecule has 1 saturated carbocycles. The number of hydrogen-bond donors (Lipinski definition) is 1. The maximum atomic E-state index is 3.80. The monoisotopic (exact) mass is 337 g/mol. The highest BCUT2D eigenvalue weighted by atomic mass is 79.9. The lowest BCUT2D eigenvalue weighted by Crippen LogP contribution is -2.44. The molecule has 0 heterocycles. The average molecular weight is 338 g/mol. The topological polar surface area (TPSA) is 12.0 Å². The first kappa shape index (κ1) is 16.0. The highest BCUT2D eigenvalue weighted by Crippen LogP contribution is 2.40. The number of halogens is 1. The Labute approximate surface area is 132 Å². The molecule has 0 saturated heterocycles. The zero-order valence-electron chi connectivity index (χ0n) is 12.9. The molecule has 0 amide bonds. The molecule has 0 aliphatic heterocycles. The third kappa shape index (κ3) is 4.60. The van der Waals surface area contributed by atoms with Crippen molar-refractivity contribution in [2.24, 2.45) is 0 Å². The summed E-state index contributed by atoms with van der Waals surface area (Å²) in [6.07, 6.45) is 9.41. The minimum atomic E-state index is 0.678. The van der Waals surface area contributed by atoms with Gasteiger partial charge < -0.3 is 5.32 Å². The highest BCUT2D eigenvalue weighted by molar-refractivity contribution is 9.10. The van der Waals surface area contributed by atoms with Crippen LogP contribution in [0.4, 0.5) is 0 Å². The van der Waals surface area contributed by atoms with Crippen LogP contribution in [0.25, 0.3) is 0 Å². The number of nitrogens with one attached hydrogen (secondary N) is 1. The van der Waals surface area contributed by atoms with Crippen molar-refractivity contribution in [2.75, 3.05) is 0 Å². The Hall–Kier alpha value is -0.340. The van der Waals surface area contributed by atoms with Crippen molar-refractivity contribution in [1.82, 2.24) is 5.32 Å². The fourth-order valence-electron chi connectivity index (χ4n) is 3.18. The number of rotatable bonds is 8. The largest absolute Gasteiger partial charge is 0.311 e. The first-order valence-corrected chi connectivity index (χ1v) is 9.00. The van der Waals surface area contributed by atoms with Crippen molar-refractivity contribution in [3.05, 3.63) is 34.3 Å². The van der Waals surface area contributed by atoms with Crippen molar-refractivity contribution < 1.29 is 0 Å². The van der Waals surface area contributed by atoms with E-state index in [0.717, 1.165) is 12.0 Å². The van der Waals surface area contributed by atoms with Crippen LogP contribution < -0.4 is 5.32 Å². The van der Waals surface area contributed by atoms with Crippen LogP contribution >= 0.6 is 15.9 Å². The second kappa shape index (κ2) is 8.19. The van der Waals surface area contributed by atoms with E-state index in [9.17, 15) is 0 Å². The van der Waals surface area contributed by atoms with Gasteiger partial charge >= 0.3 is 0 Å². The summed E-state index contributed by atoms with van der Waals surface area (Å²) in [5.74, 6) is 0.746. The minimum Gasteiger partial charge on any atom is -0.311 e. The van der Waals surface area contributed by atoms with Crippen LogP contribution in [0.1, 0.15) is 70.3 Å². The van der Waals surface area contributed by atoms with Gasteiger partial charge in [-0.3, -0.25) is 0 Å². The van der Waals surface area contributed by atoms with Gasteiger partial charge in [0.1, 0.15) is 0 Å². The van der Waals surface area contributed by atoms with E-state index in [1.165, 1.54) is 55.0 Å². The van der Waals surface area contributed by atoms with Crippen LogP contribution in [0, 0.1) is 0 Å². The molecule has 0 aromatic heterocycles. The Morgan fingerprint density at radius 2 is 1.95 bits per heavy atom. The van der Waals surface area contributed by atoms with Gasteiger partial charge in [-0.15, -0.1) is 0 Å². The average Bonchev–Trinajstić information content (AvgIpc) is 2.40. The Balaban J connectivity index is 1.65. The van der Waals surface area contributed by atoms with Crippen LogP contribution in [0.5, 0.6) is 0 Å². The molecule has 1 aromatic carbocycles. The Bertz CT molecular complexity index is 398. The second-order valence-electron chi connectivity index (χ2n) is 6.30. The van der Waals surface area contributed by atoms with E-state index in [2.05, 4.69) is 59.4 Å². The van der Waals surface area contributed by atoms with Crippen molar-refractivity contribution in [2.45, 2.75) is 76.8 Å². The van der Waals surface area contributed by atoms with Crippen LogP contribution in [0.3, 0.4) is 0 Å². The molecule has 1 nitrogen and oxygen atoms in total. The van der Waals surface area contributed by atoms with Crippen LogP contribution in [-0.2, 0) is 0 Å². The van der Waals surface area contributed by atoms with E-state index in [0.29, 0.717) is 6.04 Å². The SMILES string of the molecule is CCCCCCC(C)NC1CC(c2ccccc2Br)C1. The summed E-state index contributed by atoms with van der Waals surface area (Å²) in [5.41, 5.74) is 1.49. The molecular formula is C18H28BrN. The van der Waals surface area contributed by atoms with Gasteiger partial charge in [-0.25, -0.2) is 0 Å². The van der Waals surface area contributed by atoms with Crippen LogP contribution in [-0.4, -0.2) is 12.1 Å². The lowest BCUT2D eigenvalue weighted by Gasteiger charge is -2.38. The van der Waals surface area contributed by atoms with Gasteiger partial charge in [-0.1, -0.05) is 66.7 Å². The van der Waals surface area contributed by atoms with Crippen molar-refractivity contribution in [1.29, 1.82) is 0 Å². The van der Waals surface area contributed by atoms with Gasteiger partial charge in [-0.2, -0.15) is 0 Å². The van der Waals surface area contributed by atoms with Crippen LogP contribution in [0.15, 0.2) is 28.7 Å². The first-order chi connectivity index (χ1) is 9.70. The molecule has 20 heavy (non-hydrogen) atoms. The second-order valence-corrected chi connectivity index (χ2v) is 7.16. The molecule has 0 spiro atoms.